The van der Waals surface area contributed by atoms with E-state index in [9.17, 15) is 9.18 Å². The summed E-state index contributed by atoms with van der Waals surface area (Å²) in [6.07, 6.45) is 0.884. The molecule has 1 rings (SSSR count). The van der Waals surface area contributed by atoms with Crippen LogP contribution in [0.3, 0.4) is 0 Å². The summed E-state index contributed by atoms with van der Waals surface area (Å²) in [5, 5.41) is 0. The van der Waals surface area contributed by atoms with Crippen molar-refractivity contribution in [3.05, 3.63) is 35.1 Å². The fourth-order valence-electron chi connectivity index (χ4n) is 1.93. The molecule has 0 saturated carbocycles. The van der Waals surface area contributed by atoms with Crippen molar-refractivity contribution >= 4 is 5.97 Å². The van der Waals surface area contributed by atoms with Gasteiger partial charge in [-0.2, -0.15) is 0 Å². The van der Waals surface area contributed by atoms with Crippen molar-refractivity contribution in [2.75, 3.05) is 20.2 Å². The molecule has 5 heteroatoms. The number of carbonyl (C=O) groups excluding carboxylic acids is 1. The molecular weight excluding hydrogens is 247 g/mol. The number of benzene rings is 1. The minimum absolute atomic E-state index is 0.163. The van der Waals surface area contributed by atoms with Gasteiger partial charge in [-0.05, 0) is 13.0 Å². The van der Waals surface area contributed by atoms with Gasteiger partial charge in [-0.15, -0.1) is 0 Å². The molecular formula is C14H21FN2O2. The van der Waals surface area contributed by atoms with E-state index >= 15 is 0 Å². The Kier molecular flexibility index (Phi) is 6.45. The Morgan fingerprint density at radius 3 is 2.68 bits per heavy atom. The SMILES string of the molecule is CCCN(CC(=O)OC)Cc1cccc(CN)c1F. The second-order valence-corrected chi connectivity index (χ2v) is 4.38. The van der Waals surface area contributed by atoms with Crippen LogP contribution in [0.4, 0.5) is 4.39 Å². The lowest BCUT2D eigenvalue weighted by atomic mass is 10.1. The minimum Gasteiger partial charge on any atom is -0.468 e. The highest BCUT2D eigenvalue weighted by atomic mass is 19.1. The quantitative estimate of drug-likeness (QED) is 0.764. The summed E-state index contributed by atoms with van der Waals surface area (Å²) in [6.45, 7) is 3.43. The van der Waals surface area contributed by atoms with Gasteiger partial charge >= 0.3 is 5.97 Å². The third-order valence-electron chi connectivity index (χ3n) is 2.89. The fraction of sp³-hybridized carbons (Fsp3) is 0.500. The van der Waals surface area contributed by atoms with Gasteiger partial charge in [-0.3, -0.25) is 9.69 Å². The lowest BCUT2D eigenvalue weighted by Crippen LogP contribution is -2.31. The molecule has 106 valence electrons. The molecule has 0 fully saturated rings. The molecule has 19 heavy (non-hydrogen) atoms. The summed E-state index contributed by atoms with van der Waals surface area (Å²) in [6, 6.07) is 5.17. The second kappa shape index (κ2) is 7.86. The number of esters is 1. The van der Waals surface area contributed by atoms with Gasteiger partial charge < -0.3 is 10.5 Å². The largest absolute Gasteiger partial charge is 0.468 e. The van der Waals surface area contributed by atoms with Gasteiger partial charge in [0.05, 0.1) is 13.7 Å². The standard InChI is InChI=1S/C14H21FN2O2/c1-3-7-17(10-13(18)19-2)9-12-6-4-5-11(8-16)14(12)15/h4-6H,3,7-10,16H2,1-2H3. The maximum Gasteiger partial charge on any atom is 0.319 e. The van der Waals surface area contributed by atoms with Gasteiger partial charge in [0.2, 0.25) is 0 Å². The Morgan fingerprint density at radius 1 is 1.42 bits per heavy atom. The smallest absolute Gasteiger partial charge is 0.319 e. The number of nitrogens with two attached hydrogens (primary N) is 1. The zero-order valence-electron chi connectivity index (χ0n) is 11.5. The van der Waals surface area contributed by atoms with Gasteiger partial charge in [-0.25, -0.2) is 4.39 Å². The van der Waals surface area contributed by atoms with Gasteiger partial charge in [0.25, 0.3) is 0 Å². The van der Waals surface area contributed by atoms with E-state index in [1.165, 1.54) is 7.11 Å². The normalized spacial score (nSPS) is 10.8. The van der Waals surface area contributed by atoms with Crippen LogP contribution >= 0.6 is 0 Å². The van der Waals surface area contributed by atoms with Crippen molar-refractivity contribution in [2.24, 2.45) is 5.73 Å². The van der Waals surface area contributed by atoms with Crippen molar-refractivity contribution in [3.63, 3.8) is 0 Å². The van der Waals surface area contributed by atoms with Crippen molar-refractivity contribution in [3.8, 4) is 0 Å². The van der Waals surface area contributed by atoms with Crippen LogP contribution in [0.15, 0.2) is 18.2 Å². The number of hydrogen-bond acceptors (Lipinski definition) is 4. The Hall–Kier alpha value is -1.46. The number of nitrogens with zero attached hydrogens (tertiary/aromatic N) is 1. The molecule has 0 saturated heterocycles. The molecule has 4 nitrogen and oxygen atoms in total. The molecule has 0 radical (unpaired) electrons. The molecule has 0 amide bonds. The van der Waals surface area contributed by atoms with Gasteiger partial charge in [-0.1, -0.05) is 25.1 Å². The molecule has 2 N–H and O–H groups in total. The van der Waals surface area contributed by atoms with E-state index in [1.807, 2.05) is 11.8 Å². The number of hydrogen-bond donors (Lipinski definition) is 1. The number of methoxy groups -OCH3 is 1. The van der Waals surface area contributed by atoms with Crippen LogP contribution in [0.25, 0.3) is 0 Å². The Balaban J connectivity index is 2.81. The Labute approximate surface area is 113 Å². The molecule has 0 aliphatic heterocycles. The first-order valence-electron chi connectivity index (χ1n) is 6.37. The topological polar surface area (TPSA) is 55.6 Å². The van der Waals surface area contributed by atoms with Gasteiger partial charge in [0.15, 0.2) is 0 Å². The summed E-state index contributed by atoms with van der Waals surface area (Å²) in [5.74, 6) is -0.597. The summed E-state index contributed by atoms with van der Waals surface area (Å²) >= 11 is 0. The lowest BCUT2D eigenvalue weighted by Gasteiger charge is -2.21. The molecule has 1 aromatic rings. The number of halogens is 1. The molecule has 0 aromatic heterocycles. The Morgan fingerprint density at radius 2 is 2.11 bits per heavy atom. The molecule has 0 aliphatic carbocycles. The number of ether oxygens (including phenoxy) is 1. The van der Waals surface area contributed by atoms with Crippen molar-refractivity contribution in [1.29, 1.82) is 0 Å². The van der Waals surface area contributed by atoms with Crippen molar-refractivity contribution < 1.29 is 13.9 Å². The van der Waals surface area contributed by atoms with E-state index in [0.29, 0.717) is 24.2 Å². The van der Waals surface area contributed by atoms with Crippen LogP contribution in [-0.4, -0.2) is 31.1 Å². The summed E-state index contributed by atoms with van der Waals surface area (Å²) < 4.78 is 18.7. The molecule has 1 aromatic carbocycles. The maximum atomic E-state index is 14.1. The molecule has 0 aliphatic rings. The van der Waals surface area contributed by atoms with E-state index in [-0.39, 0.29) is 24.9 Å². The van der Waals surface area contributed by atoms with Crippen LogP contribution in [0.5, 0.6) is 0 Å². The minimum atomic E-state index is -0.316. The third kappa shape index (κ3) is 4.61. The maximum absolute atomic E-state index is 14.1. The average molecular weight is 268 g/mol. The highest BCUT2D eigenvalue weighted by molar-refractivity contribution is 5.71. The third-order valence-corrected chi connectivity index (χ3v) is 2.89. The van der Waals surface area contributed by atoms with Crippen LogP contribution in [-0.2, 0) is 22.6 Å². The first-order valence-corrected chi connectivity index (χ1v) is 6.37. The monoisotopic (exact) mass is 268 g/mol. The van der Waals surface area contributed by atoms with Crippen LogP contribution in [0, 0.1) is 5.82 Å². The van der Waals surface area contributed by atoms with E-state index < -0.39 is 0 Å². The predicted octanol–water partition coefficient (Wildman–Crippen LogP) is 1.67. The first kappa shape index (κ1) is 15.6. The number of rotatable bonds is 7. The second-order valence-electron chi connectivity index (χ2n) is 4.38. The lowest BCUT2D eigenvalue weighted by molar-refractivity contribution is -0.142. The van der Waals surface area contributed by atoms with Crippen LogP contribution < -0.4 is 5.73 Å². The van der Waals surface area contributed by atoms with Crippen molar-refractivity contribution in [1.82, 2.24) is 4.90 Å². The highest BCUT2D eigenvalue weighted by Crippen LogP contribution is 2.15. The number of carbonyl (C=O) groups is 1. The molecule has 0 bridgehead atoms. The van der Waals surface area contributed by atoms with E-state index in [0.717, 1.165) is 6.42 Å². The Bertz CT molecular complexity index is 424. The van der Waals surface area contributed by atoms with Crippen LogP contribution in [0.2, 0.25) is 0 Å². The molecule has 0 spiro atoms. The average Bonchev–Trinajstić information content (AvgIpc) is 2.41. The summed E-state index contributed by atoms with van der Waals surface area (Å²) in [7, 11) is 1.35. The zero-order valence-corrected chi connectivity index (χ0v) is 11.5. The van der Waals surface area contributed by atoms with E-state index in [1.54, 1.807) is 18.2 Å². The zero-order chi connectivity index (χ0) is 14.3. The first-order chi connectivity index (χ1) is 9.12. The summed E-state index contributed by atoms with van der Waals surface area (Å²) in [5.41, 5.74) is 6.53. The molecule has 0 unspecified atom stereocenters. The predicted molar refractivity (Wildman–Crippen MR) is 71.9 cm³/mol. The fourth-order valence-corrected chi connectivity index (χ4v) is 1.93. The van der Waals surface area contributed by atoms with Gasteiger partial charge in [0, 0.05) is 24.2 Å². The molecule has 0 atom stereocenters. The summed E-state index contributed by atoms with van der Waals surface area (Å²) in [4.78, 5) is 13.2. The highest BCUT2D eigenvalue weighted by Gasteiger charge is 2.14. The molecule has 0 heterocycles. The van der Waals surface area contributed by atoms with Gasteiger partial charge in [0.1, 0.15) is 5.82 Å². The van der Waals surface area contributed by atoms with E-state index in [4.69, 9.17) is 5.73 Å². The van der Waals surface area contributed by atoms with E-state index in [2.05, 4.69) is 4.74 Å². The van der Waals surface area contributed by atoms with Crippen molar-refractivity contribution in [2.45, 2.75) is 26.4 Å². The van der Waals surface area contributed by atoms with Crippen LogP contribution in [0.1, 0.15) is 24.5 Å².